The minimum Gasteiger partial charge on any atom is -0.456 e. The first-order valence-electron chi connectivity index (χ1n) is 10.3. The van der Waals surface area contributed by atoms with E-state index in [0.717, 1.165) is 18.4 Å². The maximum Gasteiger partial charge on any atom is 0.306 e. The zero-order valence-electron chi connectivity index (χ0n) is 17.0. The quantitative estimate of drug-likeness (QED) is 0.390. The van der Waals surface area contributed by atoms with Crippen LogP contribution in [0, 0.1) is 0 Å². The van der Waals surface area contributed by atoms with Gasteiger partial charge in [-0.05, 0) is 49.2 Å². The molecule has 0 unspecified atom stereocenters. The van der Waals surface area contributed by atoms with Gasteiger partial charge in [-0.2, -0.15) is 4.98 Å². The molecule has 2 heterocycles. The van der Waals surface area contributed by atoms with Crippen molar-refractivity contribution < 1.29 is 14.1 Å². The van der Waals surface area contributed by atoms with Crippen LogP contribution in [0.3, 0.4) is 0 Å². The molecule has 0 aliphatic heterocycles. The zero-order valence-corrected chi connectivity index (χ0v) is 17.8. The normalized spacial score (nSPS) is 13.4. The van der Waals surface area contributed by atoms with Crippen LogP contribution in [0.1, 0.15) is 37.0 Å². The van der Waals surface area contributed by atoms with Gasteiger partial charge in [-0.1, -0.05) is 28.9 Å². The maximum absolute atomic E-state index is 12.9. The molecule has 0 bridgehead atoms. The molecular weight excluding hydrogens is 432 g/mol. The molecule has 1 saturated carbocycles. The van der Waals surface area contributed by atoms with Crippen molar-refractivity contribution in [2.75, 3.05) is 0 Å². The summed E-state index contributed by atoms with van der Waals surface area (Å²) in [5, 5.41) is 5.10. The number of ether oxygens (including phenoxy) is 1. The molecule has 2 aromatic heterocycles. The molecule has 32 heavy (non-hydrogen) atoms. The van der Waals surface area contributed by atoms with Crippen LogP contribution in [0.2, 0.25) is 5.02 Å². The lowest BCUT2D eigenvalue weighted by atomic mass is 10.2. The third-order valence-electron chi connectivity index (χ3n) is 5.27. The lowest BCUT2D eigenvalue weighted by molar-refractivity contribution is -0.145. The molecule has 0 spiro atoms. The fourth-order valence-corrected chi connectivity index (χ4v) is 3.66. The van der Waals surface area contributed by atoms with Crippen molar-refractivity contribution in [3.63, 3.8) is 0 Å². The molecule has 2 aromatic carbocycles. The number of benzene rings is 2. The molecule has 5 rings (SSSR count). The van der Waals surface area contributed by atoms with Gasteiger partial charge in [0.1, 0.15) is 5.82 Å². The van der Waals surface area contributed by atoms with Crippen molar-refractivity contribution in [2.45, 2.75) is 38.3 Å². The molecule has 8 nitrogen and oxygen atoms in total. The van der Waals surface area contributed by atoms with Crippen LogP contribution in [0.5, 0.6) is 0 Å². The second-order valence-electron chi connectivity index (χ2n) is 7.63. The fraction of sp³-hybridized carbons (Fsp3) is 0.261. The Morgan fingerprint density at radius 1 is 1.12 bits per heavy atom. The first-order valence-corrected chi connectivity index (χ1v) is 10.7. The SMILES string of the molecule is O=C(CCc1nc2ccccc2c(=O)n1C1CC1)OCc1nc(-c2ccc(Cl)cc2)no1. The molecule has 0 atom stereocenters. The number of hydrogen-bond acceptors (Lipinski definition) is 7. The number of aromatic nitrogens is 4. The van der Waals surface area contributed by atoms with Crippen molar-refractivity contribution in [2.24, 2.45) is 0 Å². The number of esters is 1. The van der Waals surface area contributed by atoms with Gasteiger partial charge in [-0.3, -0.25) is 14.2 Å². The first-order chi connectivity index (χ1) is 15.6. The lowest BCUT2D eigenvalue weighted by Crippen LogP contribution is -2.25. The Morgan fingerprint density at radius 3 is 2.69 bits per heavy atom. The lowest BCUT2D eigenvalue weighted by Gasteiger charge is -2.12. The van der Waals surface area contributed by atoms with Gasteiger partial charge in [0.25, 0.3) is 11.4 Å². The van der Waals surface area contributed by atoms with E-state index in [4.69, 9.17) is 20.9 Å². The molecule has 162 valence electrons. The Kier molecular flexibility index (Phi) is 5.45. The van der Waals surface area contributed by atoms with E-state index in [1.807, 2.05) is 18.2 Å². The highest BCUT2D eigenvalue weighted by molar-refractivity contribution is 6.30. The molecule has 1 fully saturated rings. The summed E-state index contributed by atoms with van der Waals surface area (Å²) in [6.07, 6.45) is 2.31. The summed E-state index contributed by atoms with van der Waals surface area (Å²) in [5.74, 6) is 0.764. The van der Waals surface area contributed by atoms with E-state index in [-0.39, 0.29) is 30.5 Å². The standard InChI is InChI=1S/C23H19ClN4O4/c24-15-7-5-14(6-8-15)22-26-20(32-27-22)13-31-21(29)12-11-19-25-18-4-2-1-3-17(18)23(30)28(19)16-9-10-16/h1-8,16H,9-13H2. The van der Waals surface area contributed by atoms with Crippen molar-refractivity contribution in [1.82, 2.24) is 19.7 Å². The Bertz CT molecular complexity index is 1340. The third kappa shape index (κ3) is 4.27. The van der Waals surface area contributed by atoms with Crippen LogP contribution in [-0.2, 0) is 22.6 Å². The summed E-state index contributed by atoms with van der Waals surface area (Å²) in [6.45, 7) is -0.125. The predicted octanol–water partition coefficient (Wildman–Crippen LogP) is 4.11. The van der Waals surface area contributed by atoms with Gasteiger partial charge in [0.2, 0.25) is 5.82 Å². The van der Waals surface area contributed by atoms with E-state index in [9.17, 15) is 9.59 Å². The van der Waals surface area contributed by atoms with E-state index in [0.29, 0.717) is 34.0 Å². The second-order valence-corrected chi connectivity index (χ2v) is 8.07. The number of rotatable bonds is 7. The van der Waals surface area contributed by atoms with Crippen LogP contribution in [0.4, 0.5) is 0 Å². The zero-order chi connectivity index (χ0) is 22.1. The molecule has 1 aliphatic rings. The summed E-state index contributed by atoms with van der Waals surface area (Å²) >= 11 is 5.89. The number of carbonyl (C=O) groups excluding carboxylic acids is 1. The molecule has 1 aliphatic carbocycles. The highest BCUT2D eigenvalue weighted by Crippen LogP contribution is 2.35. The summed E-state index contributed by atoms with van der Waals surface area (Å²) in [4.78, 5) is 34.1. The van der Waals surface area contributed by atoms with Gasteiger partial charge >= 0.3 is 5.97 Å². The number of hydrogen-bond donors (Lipinski definition) is 0. The fourth-order valence-electron chi connectivity index (χ4n) is 3.54. The number of carbonyl (C=O) groups is 1. The molecule has 0 N–H and O–H groups in total. The number of fused-ring (bicyclic) bond motifs is 1. The van der Waals surface area contributed by atoms with Gasteiger partial charge in [0.15, 0.2) is 6.61 Å². The topological polar surface area (TPSA) is 100 Å². The highest BCUT2D eigenvalue weighted by Gasteiger charge is 2.28. The van der Waals surface area contributed by atoms with E-state index < -0.39 is 5.97 Å². The molecule has 0 amide bonds. The number of aryl methyl sites for hydroxylation is 1. The highest BCUT2D eigenvalue weighted by atomic mass is 35.5. The predicted molar refractivity (Wildman–Crippen MR) is 117 cm³/mol. The Balaban J connectivity index is 1.23. The Labute approximate surface area is 187 Å². The van der Waals surface area contributed by atoms with Crippen molar-refractivity contribution in [3.05, 3.63) is 75.6 Å². The van der Waals surface area contributed by atoms with Crippen molar-refractivity contribution in [3.8, 4) is 11.4 Å². The van der Waals surface area contributed by atoms with Crippen molar-refractivity contribution in [1.29, 1.82) is 0 Å². The molecule has 0 saturated heterocycles. The number of halogens is 1. The Hall–Kier alpha value is -3.52. The summed E-state index contributed by atoms with van der Waals surface area (Å²) in [6, 6.07) is 14.4. The number of nitrogens with zero attached hydrogens (tertiary/aromatic N) is 4. The van der Waals surface area contributed by atoms with Crippen LogP contribution in [0.15, 0.2) is 57.8 Å². The van der Waals surface area contributed by atoms with E-state index in [2.05, 4.69) is 15.1 Å². The second kappa shape index (κ2) is 8.55. The van der Waals surface area contributed by atoms with Crippen LogP contribution in [-0.4, -0.2) is 25.7 Å². The van der Waals surface area contributed by atoms with Gasteiger partial charge in [-0.25, -0.2) is 4.98 Å². The first kappa shape index (κ1) is 20.4. The summed E-state index contributed by atoms with van der Waals surface area (Å²) in [5.41, 5.74) is 1.33. The minimum absolute atomic E-state index is 0.0537. The number of para-hydroxylation sites is 1. The summed E-state index contributed by atoms with van der Waals surface area (Å²) < 4.78 is 12.2. The smallest absolute Gasteiger partial charge is 0.306 e. The largest absolute Gasteiger partial charge is 0.456 e. The van der Waals surface area contributed by atoms with Crippen LogP contribution in [0.25, 0.3) is 22.3 Å². The van der Waals surface area contributed by atoms with Crippen LogP contribution < -0.4 is 5.56 Å². The van der Waals surface area contributed by atoms with Crippen LogP contribution >= 0.6 is 11.6 Å². The average Bonchev–Trinajstić information content (AvgIpc) is 3.53. The minimum atomic E-state index is -0.430. The van der Waals surface area contributed by atoms with Crippen molar-refractivity contribution >= 4 is 28.5 Å². The van der Waals surface area contributed by atoms with Gasteiger partial charge < -0.3 is 9.26 Å². The van der Waals surface area contributed by atoms with E-state index in [1.54, 1.807) is 34.9 Å². The van der Waals surface area contributed by atoms with E-state index in [1.165, 1.54) is 0 Å². The van der Waals surface area contributed by atoms with Gasteiger partial charge in [0, 0.05) is 23.0 Å². The average molecular weight is 451 g/mol. The monoisotopic (exact) mass is 450 g/mol. The molecular formula is C23H19ClN4O4. The maximum atomic E-state index is 12.9. The van der Waals surface area contributed by atoms with E-state index >= 15 is 0 Å². The molecule has 0 radical (unpaired) electrons. The Morgan fingerprint density at radius 2 is 1.91 bits per heavy atom. The van der Waals surface area contributed by atoms with Gasteiger partial charge in [0.05, 0.1) is 17.3 Å². The molecule has 4 aromatic rings. The third-order valence-corrected chi connectivity index (χ3v) is 5.52. The summed E-state index contributed by atoms with van der Waals surface area (Å²) in [7, 11) is 0. The molecule has 9 heteroatoms. The van der Waals surface area contributed by atoms with Gasteiger partial charge in [-0.15, -0.1) is 0 Å².